The second kappa shape index (κ2) is 6.61. The van der Waals surface area contributed by atoms with E-state index in [0.29, 0.717) is 11.3 Å². The van der Waals surface area contributed by atoms with Crippen molar-refractivity contribution in [2.45, 2.75) is 18.7 Å². The van der Waals surface area contributed by atoms with Crippen LogP contribution in [0.5, 0.6) is 5.75 Å². The maximum Gasteiger partial charge on any atom is 0.391 e. The normalized spacial score (nSPS) is 13.4. The Morgan fingerprint density at radius 3 is 2.61 bits per heavy atom. The molecule has 0 saturated carbocycles. The van der Waals surface area contributed by atoms with Crippen LogP contribution in [0, 0.1) is 0 Å². The highest BCUT2D eigenvalue weighted by Crippen LogP contribution is 2.24. The summed E-state index contributed by atoms with van der Waals surface area (Å²) in [6.07, 6.45) is -5.75. The molecule has 1 aromatic carbocycles. The molecule has 0 aromatic heterocycles. The third-order valence-corrected chi connectivity index (χ3v) is 2.38. The first-order valence-corrected chi connectivity index (χ1v) is 5.48. The van der Waals surface area contributed by atoms with Gasteiger partial charge < -0.3 is 15.2 Å². The molecule has 1 atom stereocenters. The van der Waals surface area contributed by atoms with Crippen molar-refractivity contribution in [3.63, 3.8) is 0 Å². The van der Waals surface area contributed by atoms with Crippen molar-refractivity contribution < 1.29 is 22.6 Å². The number of rotatable bonds is 6. The van der Waals surface area contributed by atoms with Crippen LogP contribution in [0.15, 0.2) is 24.3 Å². The highest BCUT2D eigenvalue weighted by Gasteiger charge is 2.27. The molecule has 0 heterocycles. The average molecular weight is 263 g/mol. The van der Waals surface area contributed by atoms with Gasteiger partial charge in [0, 0.05) is 6.54 Å². The Morgan fingerprint density at radius 1 is 1.33 bits per heavy atom. The van der Waals surface area contributed by atoms with Gasteiger partial charge >= 0.3 is 6.18 Å². The van der Waals surface area contributed by atoms with Gasteiger partial charge in [-0.15, -0.1) is 0 Å². The summed E-state index contributed by atoms with van der Waals surface area (Å²) in [7, 11) is 1.51. The van der Waals surface area contributed by atoms with Crippen LogP contribution in [0.25, 0.3) is 0 Å². The molecule has 1 unspecified atom stereocenters. The van der Waals surface area contributed by atoms with E-state index in [4.69, 9.17) is 15.2 Å². The zero-order chi connectivity index (χ0) is 13.6. The summed E-state index contributed by atoms with van der Waals surface area (Å²) >= 11 is 0. The molecular weight excluding hydrogens is 247 g/mol. The highest BCUT2D eigenvalue weighted by atomic mass is 19.4. The largest absolute Gasteiger partial charge is 0.497 e. The SMILES string of the molecule is COc1cccc(C(CN)OCCC(F)(F)F)c1. The van der Waals surface area contributed by atoms with Crippen molar-refractivity contribution in [1.82, 2.24) is 0 Å². The number of halogens is 3. The number of hydrogen-bond acceptors (Lipinski definition) is 3. The van der Waals surface area contributed by atoms with Gasteiger partial charge in [0.2, 0.25) is 0 Å². The van der Waals surface area contributed by atoms with E-state index in [9.17, 15) is 13.2 Å². The van der Waals surface area contributed by atoms with E-state index < -0.39 is 25.3 Å². The fourth-order valence-corrected chi connectivity index (χ4v) is 1.46. The zero-order valence-corrected chi connectivity index (χ0v) is 10.0. The summed E-state index contributed by atoms with van der Waals surface area (Å²) in [5.74, 6) is 0.616. The van der Waals surface area contributed by atoms with Crippen molar-refractivity contribution in [3.05, 3.63) is 29.8 Å². The van der Waals surface area contributed by atoms with Crippen molar-refractivity contribution in [1.29, 1.82) is 0 Å². The van der Waals surface area contributed by atoms with E-state index >= 15 is 0 Å². The van der Waals surface area contributed by atoms with Crippen molar-refractivity contribution in [3.8, 4) is 5.75 Å². The molecule has 0 fully saturated rings. The third-order valence-electron chi connectivity index (χ3n) is 2.38. The average Bonchev–Trinajstić information content (AvgIpc) is 2.33. The van der Waals surface area contributed by atoms with Crippen LogP contribution in [0.1, 0.15) is 18.1 Å². The minimum Gasteiger partial charge on any atom is -0.497 e. The molecule has 3 nitrogen and oxygen atoms in total. The Bertz CT molecular complexity index is 369. The lowest BCUT2D eigenvalue weighted by atomic mass is 10.1. The van der Waals surface area contributed by atoms with Crippen molar-refractivity contribution in [2.24, 2.45) is 5.73 Å². The Morgan fingerprint density at radius 2 is 2.06 bits per heavy atom. The third kappa shape index (κ3) is 4.93. The van der Waals surface area contributed by atoms with E-state index in [1.165, 1.54) is 7.11 Å². The number of ether oxygens (including phenoxy) is 2. The number of alkyl halides is 3. The second-order valence-corrected chi connectivity index (χ2v) is 3.74. The van der Waals surface area contributed by atoms with Crippen molar-refractivity contribution in [2.75, 3.05) is 20.3 Å². The summed E-state index contributed by atoms with van der Waals surface area (Å²) in [6.45, 7) is -0.284. The molecule has 2 N–H and O–H groups in total. The molecule has 0 radical (unpaired) electrons. The van der Waals surface area contributed by atoms with Gasteiger partial charge in [-0.1, -0.05) is 12.1 Å². The van der Waals surface area contributed by atoms with Crippen LogP contribution in [0.4, 0.5) is 13.2 Å². The Labute approximate surface area is 104 Å². The molecule has 0 aliphatic heterocycles. The summed E-state index contributed by atoms with van der Waals surface area (Å²) in [5.41, 5.74) is 6.21. The molecule has 18 heavy (non-hydrogen) atoms. The molecule has 1 rings (SSSR count). The van der Waals surface area contributed by atoms with E-state index in [0.717, 1.165) is 0 Å². The van der Waals surface area contributed by atoms with Crippen LogP contribution in [0.2, 0.25) is 0 Å². The summed E-state index contributed by atoms with van der Waals surface area (Å²) in [4.78, 5) is 0. The topological polar surface area (TPSA) is 44.5 Å². The highest BCUT2D eigenvalue weighted by molar-refractivity contribution is 5.30. The Hall–Kier alpha value is -1.27. The predicted molar refractivity (Wildman–Crippen MR) is 61.4 cm³/mol. The van der Waals surface area contributed by atoms with Gasteiger partial charge in [0.15, 0.2) is 0 Å². The van der Waals surface area contributed by atoms with Crippen LogP contribution >= 0.6 is 0 Å². The molecule has 0 saturated heterocycles. The lowest BCUT2D eigenvalue weighted by Gasteiger charge is -2.17. The summed E-state index contributed by atoms with van der Waals surface area (Å²) < 4.78 is 46.2. The number of benzene rings is 1. The van der Waals surface area contributed by atoms with Gasteiger partial charge in [-0.3, -0.25) is 0 Å². The molecule has 0 bridgehead atoms. The second-order valence-electron chi connectivity index (χ2n) is 3.74. The standard InChI is InChI=1S/C12H16F3NO2/c1-17-10-4-2-3-9(7-10)11(8-16)18-6-5-12(13,14)15/h2-4,7,11H,5-6,8,16H2,1H3. The molecule has 0 aliphatic rings. The van der Waals surface area contributed by atoms with Gasteiger partial charge in [-0.05, 0) is 17.7 Å². The van der Waals surface area contributed by atoms with Crippen LogP contribution in [-0.4, -0.2) is 26.4 Å². The van der Waals surface area contributed by atoms with Crippen molar-refractivity contribution >= 4 is 0 Å². The minimum atomic E-state index is -4.21. The molecule has 102 valence electrons. The van der Waals surface area contributed by atoms with Gasteiger partial charge in [0.25, 0.3) is 0 Å². The lowest BCUT2D eigenvalue weighted by Crippen LogP contribution is -2.19. The Kier molecular flexibility index (Phi) is 5.43. The monoisotopic (exact) mass is 263 g/mol. The van der Waals surface area contributed by atoms with E-state index in [2.05, 4.69) is 0 Å². The maximum atomic E-state index is 12.0. The summed E-state index contributed by atoms with van der Waals surface area (Å²) in [5, 5.41) is 0. The first kappa shape index (κ1) is 14.8. The fourth-order valence-electron chi connectivity index (χ4n) is 1.46. The van der Waals surface area contributed by atoms with Crippen LogP contribution < -0.4 is 10.5 Å². The van der Waals surface area contributed by atoms with E-state index in [-0.39, 0.29) is 6.54 Å². The number of hydrogen-bond donors (Lipinski definition) is 1. The smallest absolute Gasteiger partial charge is 0.391 e. The van der Waals surface area contributed by atoms with E-state index in [1.54, 1.807) is 24.3 Å². The van der Waals surface area contributed by atoms with Gasteiger partial charge in [-0.25, -0.2) is 0 Å². The molecule has 0 aliphatic carbocycles. The van der Waals surface area contributed by atoms with Gasteiger partial charge in [0.05, 0.1) is 26.2 Å². The van der Waals surface area contributed by atoms with Crippen LogP contribution in [0.3, 0.4) is 0 Å². The first-order valence-electron chi connectivity index (χ1n) is 5.48. The molecule has 6 heteroatoms. The molecular formula is C12H16F3NO2. The quantitative estimate of drug-likeness (QED) is 0.858. The van der Waals surface area contributed by atoms with Gasteiger partial charge in [0.1, 0.15) is 5.75 Å². The maximum absolute atomic E-state index is 12.0. The van der Waals surface area contributed by atoms with Gasteiger partial charge in [-0.2, -0.15) is 13.2 Å². The first-order chi connectivity index (χ1) is 8.46. The molecule has 0 amide bonds. The fraction of sp³-hybridized carbons (Fsp3) is 0.500. The molecule has 0 spiro atoms. The Balaban J connectivity index is 2.59. The van der Waals surface area contributed by atoms with E-state index in [1.807, 2.05) is 0 Å². The number of nitrogens with two attached hydrogens (primary N) is 1. The lowest BCUT2D eigenvalue weighted by molar-refractivity contribution is -0.149. The number of methoxy groups -OCH3 is 1. The minimum absolute atomic E-state index is 0.116. The molecule has 1 aromatic rings. The predicted octanol–water partition coefficient (Wildman–Crippen LogP) is 2.66. The van der Waals surface area contributed by atoms with Crippen LogP contribution in [-0.2, 0) is 4.74 Å². The summed E-state index contributed by atoms with van der Waals surface area (Å²) in [6, 6.07) is 6.93. The zero-order valence-electron chi connectivity index (χ0n) is 10.0.